The van der Waals surface area contributed by atoms with Crippen LogP contribution in [0.1, 0.15) is 18.7 Å². The fraction of sp³-hybridized carbons (Fsp3) is 0.500. The molecule has 0 amide bonds. The molecule has 0 fully saturated rings. The van der Waals surface area contributed by atoms with Gasteiger partial charge in [0.2, 0.25) is 0 Å². The molecule has 13 heavy (non-hydrogen) atoms. The van der Waals surface area contributed by atoms with Gasteiger partial charge in [0, 0.05) is 9.85 Å². The fourth-order valence-electron chi connectivity index (χ4n) is 0.795. The Balaban J connectivity index is 3.07. The summed E-state index contributed by atoms with van der Waals surface area (Å²) in [6.07, 6.45) is 0. The Morgan fingerprint density at radius 1 is 1.46 bits per heavy atom. The number of nitrogens with two attached hydrogens (primary N) is 1. The molecule has 0 saturated carbocycles. The van der Waals surface area contributed by atoms with Crippen LogP contribution < -0.4 is 5.73 Å². The average molecular weight is 270 g/mol. The van der Waals surface area contributed by atoms with Crippen LogP contribution in [0, 0.1) is 0 Å². The highest BCUT2D eigenvalue weighted by Gasteiger charge is 2.46. The summed E-state index contributed by atoms with van der Waals surface area (Å²) in [4.78, 5) is -0.00752. The molecular formula is C8H10BrF2NS. The van der Waals surface area contributed by atoms with Crippen LogP contribution in [0.5, 0.6) is 0 Å². The van der Waals surface area contributed by atoms with Crippen molar-refractivity contribution >= 4 is 27.3 Å². The summed E-state index contributed by atoms with van der Waals surface area (Å²) in [6, 6.07) is 1.40. The summed E-state index contributed by atoms with van der Waals surface area (Å²) in [6.45, 7) is 2.64. The third kappa shape index (κ3) is 2.08. The number of thiophene rings is 1. The van der Waals surface area contributed by atoms with E-state index in [2.05, 4.69) is 15.9 Å². The standard InChI is InChI=1S/C8H10BrF2NS/c1-7(2,12)8(10,11)6-3-5(9)4-13-6/h3-4H,12H2,1-2H3. The lowest BCUT2D eigenvalue weighted by Crippen LogP contribution is -2.48. The number of hydrogen-bond donors (Lipinski definition) is 1. The van der Waals surface area contributed by atoms with Crippen molar-refractivity contribution in [2.24, 2.45) is 5.73 Å². The monoisotopic (exact) mass is 269 g/mol. The van der Waals surface area contributed by atoms with Gasteiger partial charge in [0.1, 0.15) is 0 Å². The van der Waals surface area contributed by atoms with Gasteiger partial charge in [-0.3, -0.25) is 0 Å². The summed E-state index contributed by atoms with van der Waals surface area (Å²) < 4.78 is 27.7. The molecule has 5 heteroatoms. The molecule has 1 aromatic rings. The molecule has 0 unspecified atom stereocenters. The van der Waals surface area contributed by atoms with E-state index in [-0.39, 0.29) is 4.88 Å². The lowest BCUT2D eigenvalue weighted by molar-refractivity contribution is -0.0638. The first-order valence-corrected chi connectivity index (χ1v) is 5.33. The molecule has 0 aromatic carbocycles. The molecular weight excluding hydrogens is 260 g/mol. The highest BCUT2D eigenvalue weighted by atomic mass is 79.9. The van der Waals surface area contributed by atoms with Gasteiger partial charge in [0.15, 0.2) is 0 Å². The van der Waals surface area contributed by atoms with Gasteiger partial charge >= 0.3 is 0 Å². The van der Waals surface area contributed by atoms with Crippen LogP contribution in [0.4, 0.5) is 8.78 Å². The predicted octanol–water partition coefficient (Wildman–Crippen LogP) is 3.34. The minimum Gasteiger partial charge on any atom is -0.320 e. The molecule has 0 aliphatic rings. The number of halogens is 3. The van der Waals surface area contributed by atoms with Gasteiger partial charge in [-0.1, -0.05) is 0 Å². The molecule has 2 N–H and O–H groups in total. The van der Waals surface area contributed by atoms with Crippen molar-refractivity contribution in [2.75, 3.05) is 0 Å². The van der Waals surface area contributed by atoms with Crippen LogP contribution in [-0.2, 0) is 5.92 Å². The van der Waals surface area contributed by atoms with Crippen LogP contribution in [0.15, 0.2) is 15.9 Å². The van der Waals surface area contributed by atoms with Gasteiger partial charge in [0.05, 0.1) is 10.4 Å². The molecule has 1 heterocycles. The highest BCUT2D eigenvalue weighted by Crippen LogP contribution is 2.41. The third-order valence-corrected chi connectivity index (χ3v) is 3.45. The minimum atomic E-state index is -2.98. The van der Waals surface area contributed by atoms with E-state index in [0.29, 0.717) is 4.47 Å². The Hall–Kier alpha value is -0.0000000000000000833. The van der Waals surface area contributed by atoms with E-state index in [0.717, 1.165) is 11.3 Å². The lowest BCUT2D eigenvalue weighted by Gasteiger charge is -2.29. The minimum absolute atomic E-state index is 0.00752. The molecule has 0 atom stereocenters. The van der Waals surface area contributed by atoms with Crippen molar-refractivity contribution in [3.8, 4) is 0 Å². The van der Waals surface area contributed by atoms with Crippen molar-refractivity contribution in [1.29, 1.82) is 0 Å². The van der Waals surface area contributed by atoms with Gasteiger partial charge in [-0.15, -0.1) is 11.3 Å². The van der Waals surface area contributed by atoms with E-state index >= 15 is 0 Å². The molecule has 0 aliphatic carbocycles. The van der Waals surface area contributed by atoms with E-state index in [4.69, 9.17) is 5.73 Å². The molecule has 0 aliphatic heterocycles. The van der Waals surface area contributed by atoms with E-state index < -0.39 is 11.5 Å². The lowest BCUT2D eigenvalue weighted by atomic mass is 9.96. The van der Waals surface area contributed by atoms with Crippen LogP contribution in [0.2, 0.25) is 0 Å². The van der Waals surface area contributed by atoms with Gasteiger partial charge in [0.25, 0.3) is 5.92 Å². The number of rotatable bonds is 2. The van der Waals surface area contributed by atoms with E-state index in [9.17, 15) is 8.78 Å². The van der Waals surface area contributed by atoms with Crippen molar-refractivity contribution in [2.45, 2.75) is 25.3 Å². The van der Waals surface area contributed by atoms with Crippen LogP contribution in [-0.4, -0.2) is 5.54 Å². The second-order valence-corrected chi connectivity index (χ2v) is 5.25. The largest absolute Gasteiger partial charge is 0.320 e. The molecule has 1 aromatic heterocycles. The Kier molecular flexibility index (Phi) is 2.81. The number of alkyl halides is 2. The van der Waals surface area contributed by atoms with Crippen molar-refractivity contribution in [1.82, 2.24) is 0 Å². The Labute approximate surface area is 88.1 Å². The first-order chi connectivity index (χ1) is 5.75. The molecule has 74 valence electrons. The molecule has 0 bridgehead atoms. The predicted molar refractivity (Wildman–Crippen MR) is 54.2 cm³/mol. The Bertz CT molecular complexity index is 303. The van der Waals surface area contributed by atoms with Gasteiger partial charge in [-0.05, 0) is 35.8 Å². The van der Waals surface area contributed by atoms with E-state index in [1.165, 1.54) is 19.9 Å². The smallest absolute Gasteiger partial charge is 0.299 e. The maximum Gasteiger partial charge on any atom is 0.299 e. The first-order valence-electron chi connectivity index (χ1n) is 3.66. The quantitative estimate of drug-likeness (QED) is 0.876. The van der Waals surface area contributed by atoms with Crippen molar-refractivity contribution < 1.29 is 8.78 Å². The van der Waals surface area contributed by atoms with Gasteiger partial charge in [-0.25, -0.2) is 0 Å². The average Bonchev–Trinajstić information content (AvgIpc) is 2.33. The third-order valence-electron chi connectivity index (χ3n) is 1.69. The second kappa shape index (κ2) is 3.29. The zero-order valence-electron chi connectivity index (χ0n) is 7.27. The molecule has 1 nitrogen and oxygen atoms in total. The summed E-state index contributed by atoms with van der Waals surface area (Å²) in [5, 5.41) is 1.62. The van der Waals surface area contributed by atoms with Crippen LogP contribution >= 0.6 is 27.3 Å². The first kappa shape index (κ1) is 11.1. The van der Waals surface area contributed by atoms with Crippen LogP contribution in [0.3, 0.4) is 0 Å². The van der Waals surface area contributed by atoms with Gasteiger partial charge < -0.3 is 5.73 Å². The maximum atomic E-state index is 13.5. The second-order valence-electron chi connectivity index (χ2n) is 3.43. The topological polar surface area (TPSA) is 26.0 Å². The van der Waals surface area contributed by atoms with E-state index in [1.807, 2.05) is 0 Å². The molecule has 1 rings (SSSR count). The summed E-state index contributed by atoms with van der Waals surface area (Å²) >= 11 is 4.13. The fourth-order valence-corrected chi connectivity index (χ4v) is 2.37. The van der Waals surface area contributed by atoms with E-state index in [1.54, 1.807) is 5.38 Å². The summed E-state index contributed by atoms with van der Waals surface area (Å²) in [5.74, 6) is -2.98. The maximum absolute atomic E-state index is 13.5. The van der Waals surface area contributed by atoms with Crippen molar-refractivity contribution in [3.05, 3.63) is 20.8 Å². The summed E-state index contributed by atoms with van der Waals surface area (Å²) in [5.41, 5.74) is 3.87. The van der Waals surface area contributed by atoms with Crippen LogP contribution in [0.25, 0.3) is 0 Å². The Morgan fingerprint density at radius 3 is 2.31 bits per heavy atom. The number of hydrogen-bond acceptors (Lipinski definition) is 2. The zero-order chi connectivity index (χ0) is 10.3. The Morgan fingerprint density at radius 2 is 2.00 bits per heavy atom. The molecule has 0 saturated heterocycles. The molecule has 0 radical (unpaired) electrons. The SMILES string of the molecule is CC(C)(N)C(F)(F)c1cc(Br)cs1. The molecule has 0 spiro atoms. The van der Waals surface area contributed by atoms with Crippen molar-refractivity contribution in [3.63, 3.8) is 0 Å². The zero-order valence-corrected chi connectivity index (χ0v) is 9.68. The van der Waals surface area contributed by atoms with Gasteiger partial charge in [-0.2, -0.15) is 8.78 Å². The highest BCUT2D eigenvalue weighted by molar-refractivity contribution is 9.10. The summed E-state index contributed by atoms with van der Waals surface area (Å²) in [7, 11) is 0. The normalized spacial score (nSPS) is 13.4.